The Morgan fingerprint density at radius 2 is 1.53 bits per heavy atom. The van der Waals surface area contributed by atoms with Gasteiger partial charge in [0.05, 0.1) is 15.5 Å². The van der Waals surface area contributed by atoms with E-state index in [1.807, 2.05) is 32.0 Å². The summed E-state index contributed by atoms with van der Waals surface area (Å²) in [5.74, 6) is -0.423. The predicted molar refractivity (Wildman–Crippen MR) is 124 cm³/mol. The fraction of sp³-hybridized carbons (Fsp3) is 0.0870. The summed E-state index contributed by atoms with van der Waals surface area (Å²) < 4.78 is 28.0. The molecule has 0 aromatic heterocycles. The fourth-order valence-electron chi connectivity index (χ4n) is 2.95. The van der Waals surface area contributed by atoms with Crippen molar-refractivity contribution in [2.24, 2.45) is 0 Å². The molecule has 0 heterocycles. The highest BCUT2D eigenvalue weighted by Gasteiger charge is 2.16. The minimum Gasteiger partial charge on any atom is -0.323 e. The number of anilines is 2. The van der Waals surface area contributed by atoms with Crippen LogP contribution < -0.4 is 10.0 Å². The van der Waals surface area contributed by atoms with Gasteiger partial charge in [-0.3, -0.25) is 19.6 Å². The number of amides is 1. The van der Waals surface area contributed by atoms with Crippen LogP contribution in [0.25, 0.3) is 6.08 Å². The third kappa shape index (κ3) is 5.58. The number of nitro groups is 1. The van der Waals surface area contributed by atoms with Crippen LogP contribution in [-0.4, -0.2) is 19.2 Å². The van der Waals surface area contributed by atoms with E-state index in [4.69, 9.17) is 0 Å². The molecule has 3 aromatic rings. The van der Waals surface area contributed by atoms with Crippen molar-refractivity contribution < 1.29 is 18.1 Å². The second-order valence-electron chi connectivity index (χ2n) is 7.07. The zero-order chi connectivity index (χ0) is 23.3. The van der Waals surface area contributed by atoms with E-state index >= 15 is 0 Å². The third-order valence-corrected chi connectivity index (χ3v) is 6.05. The SMILES string of the molecule is Cc1cccc(C)c1NS(=O)(=O)c1ccc(NC(=O)/C=C/c2ccc([N+](=O)[O-])cc2)cc1. The van der Waals surface area contributed by atoms with Crippen molar-refractivity contribution in [3.63, 3.8) is 0 Å². The van der Waals surface area contributed by atoms with Gasteiger partial charge >= 0.3 is 0 Å². The topological polar surface area (TPSA) is 118 Å². The van der Waals surface area contributed by atoms with Crippen LogP contribution in [0.5, 0.6) is 0 Å². The summed E-state index contributed by atoms with van der Waals surface area (Å²) in [6.07, 6.45) is 2.81. The quantitative estimate of drug-likeness (QED) is 0.308. The first-order valence-corrected chi connectivity index (χ1v) is 11.1. The lowest BCUT2D eigenvalue weighted by molar-refractivity contribution is -0.384. The Labute approximate surface area is 185 Å². The van der Waals surface area contributed by atoms with Crippen LogP contribution in [-0.2, 0) is 14.8 Å². The van der Waals surface area contributed by atoms with E-state index in [-0.39, 0.29) is 10.6 Å². The van der Waals surface area contributed by atoms with E-state index in [0.29, 0.717) is 16.9 Å². The number of carbonyl (C=O) groups is 1. The molecule has 3 rings (SSSR count). The number of nitrogens with zero attached hydrogens (tertiary/aromatic N) is 1. The monoisotopic (exact) mass is 451 g/mol. The molecule has 164 valence electrons. The van der Waals surface area contributed by atoms with Crippen molar-refractivity contribution in [3.8, 4) is 0 Å². The summed E-state index contributed by atoms with van der Waals surface area (Å²) in [6.45, 7) is 3.65. The van der Waals surface area contributed by atoms with Gasteiger partial charge < -0.3 is 5.32 Å². The standard InChI is InChI=1S/C23H21N3O5S/c1-16-4-3-5-17(2)23(16)25-32(30,31)21-13-9-19(10-14-21)24-22(27)15-8-18-6-11-20(12-7-18)26(28)29/h3-15,25H,1-2H3,(H,24,27)/b15-8+. The van der Waals surface area contributed by atoms with E-state index in [1.165, 1.54) is 60.7 Å². The second-order valence-corrected chi connectivity index (χ2v) is 8.75. The van der Waals surface area contributed by atoms with Gasteiger partial charge in [-0.25, -0.2) is 8.42 Å². The summed E-state index contributed by atoms with van der Waals surface area (Å²) in [6, 6.07) is 17.1. The molecule has 2 N–H and O–H groups in total. The largest absolute Gasteiger partial charge is 0.323 e. The highest BCUT2D eigenvalue weighted by Crippen LogP contribution is 2.24. The van der Waals surface area contributed by atoms with Crippen LogP contribution >= 0.6 is 0 Å². The van der Waals surface area contributed by atoms with Gasteiger partial charge in [0.15, 0.2) is 0 Å². The Kier molecular flexibility index (Phi) is 6.70. The van der Waals surface area contributed by atoms with E-state index < -0.39 is 20.9 Å². The number of benzene rings is 3. The van der Waals surface area contributed by atoms with Crippen LogP contribution in [0.1, 0.15) is 16.7 Å². The van der Waals surface area contributed by atoms with Gasteiger partial charge in [0.1, 0.15) is 0 Å². The lowest BCUT2D eigenvalue weighted by Crippen LogP contribution is -2.15. The number of rotatable bonds is 7. The molecule has 0 atom stereocenters. The number of para-hydroxylation sites is 1. The maximum atomic E-state index is 12.7. The maximum absolute atomic E-state index is 12.7. The van der Waals surface area contributed by atoms with Gasteiger partial charge in [-0.1, -0.05) is 18.2 Å². The van der Waals surface area contributed by atoms with Crippen LogP contribution in [0, 0.1) is 24.0 Å². The van der Waals surface area contributed by atoms with Gasteiger partial charge in [-0.05, 0) is 73.0 Å². The van der Waals surface area contributed by atoms with Gasteiger partial charge in [-0.2, -0.15) is 0 Å². The highest BCUT2D eigenvalue weighted by molar-refractivity contribution is 7.92. The van der Waals surface area contributed by atoms with Crippen molar-refractivity contribution in [1.29, 1.82) is 0 Å². The van der Waals surface area contributed by atoms with Gasteiger partial charge in [0.25, 0.3) is 15.7 Å². The molecule has 0 unspecified atom stereocenters. The summed E-state index contributed by atoms with van der Waals surface area (Å²) in [7, 11) is -3.78. The average Bonchev–Trinajstić information content (AvgIpc) is 2.76. The molecule has 0 aliphatic rings. The number of sulfonamides is 1. The van der Waals surface area contributed by atoms with Crippen LogP contribution in [0.4, 0.5) is 17.1 Å². The number of aryl methyl sites for hydroxylation is 2. The molecule has 0 saturated carbocycles. The van der Waals surface area contributed by atoms with Gasteiger partial charge in [0, 0.05) is 23.9 Å². The summed E-state index contributed by atoms with van der Waals surface area (Å²) in [5.41, 5.74) is 3.20. The molecule has 3 aromatic carbocycles. The van der Waals surface area contributed by atoms with Crippen LogP contribution in [0.2, 0.25) is 0 Å². The Hall–Kier alpha value is -3.98. The molecule has 0 aliphatic carbocycles. The minimum absolute atomic E-state index is 0.0336. The molecule has 0 saturated heterocycles. The molecule has 8 nitrogen and oxygen atoms in total. The third-order valence-electron chi connectivity index (χ3n) is 4.68. The van der Waals surface area contributed by atoms with E-state index in [9.17, 15) is 23.3 Å². The smallest absolute Gasteiger partial charge is 0.269 e. The number of nitro benzene ring substituents is 1. The zero-order valence-corrected chi connectivity index (χ0v) is 18.2. The Bertz CT molecular complexity index is 1260. The first-order chi connectivity index (χ1) is 15.2. The summed E-state index contributed by atoms with van der Waals surface area (Å²) in [5, 5.41) is 13.3. The zero-order valence-electron chi connectivity index (χ0n) is 17.4. The Balaban J connectivity index is 1.66. The van der Waals surface area contributed by atoms with Gasteiger partial charge in [0.2, 0.25) is 5.91 Å². The maximum Gasteiger partial charge on any atom is 0.269 e. The average molecular weight is 452 g/mol. The molecular formula is C23H21N3O5S. The lowest BCUT2D eigenvalue weighted by Gasteiger charge is -2.13. The van der Waals surface area contributed by atoms with Crippen molar-refractivity contribution in [2.75, 3.05) is 10.0 Å². The first-order valence-electron chi connectivity index (χ1n) is 9.58. The lowest BCUT2D eigenvalue weighted by atomic mass is 10.1. The number of non-ortho nitro benzene ring substituents is 1. The van der Waals surface area contributed by atoms with E-state index in [2.05, 4.69) is 10.0 Å². The van der Waals surface area contributed by atoms with Crippen LogP contribution in [0.15, 0.2) is 77.7 Å². The number of nitrogens with one attached hydrogen (secondary N) is 2. The Morgan fingerprint density at radius 3 is 2.09 bits per heavy atom. The highest BCUT2D eigenvalue weighted by atomic mass is 32.2. The summed E-state index contributed by atoms with van der Waals surface area (Å²) >= 11 is 0. The van der Waals surface area contributed by atoms with Gasteiger partial charge in [-0.15, -0.1) is 0 Å². The Morgan fingerprint density at radius 1 is 0.938 bits per heavy atom. The normalized spacial score (nSPS) is 11.3. The number of hydrogen-bond acceptors (Lipinski definition) is 5. The molecule has 0 spiro atoms. The van der Waals surface area contributed by atoms with E-state index in [0.717, 1.165) is 11.1 Å². The first kappa shape index (κ1) is 22.7. The predicted octanol–water partition coefficient (Wildman–Crippen LogP) is 4.66. The van der Waals surface area contributed by atoms with Crippen molar-refractivity contribution in [1.82, 2.24) is 0 Å². The van der Waals surface area contributed by atoms with E-state index in [1.54, 1.807) is 0 Å². The molecule has 9 heteroatoms. The van der Waals surface area contributed by atoms with Crippen molar-refractivity contribution >= 4 is 39.1 Å². The number of carbonyl (C=O) groups excluding carboxylic acids is 1. The fourth-order valence-corrected chi connectivity index (χ4v) is 4.15. The second kappa shape index (κ2) is 9.44. The molecule has 0 bridgehead atoms. The minimum atomic E-state index is -3.78. The molecule has 0 radical (unpaired) electrons. The van der Waals surface area contributed by atoms with Crippen molar-refractivity contribution in [2.45, 2.75) is 18.7 Å². The molecule has 0 aliphatic heterocycles. The molecular weight excluding hydrogens is 430 g/mol. The molecule has 1 amide bonds. The summed E-state index contributed by atoms with van der Waals surface area (Å²) in [4.78, 5) is 22.4. The van der Waals surface area contributed by atoms with Crippen molar-refractivity contribution in [3.05, 3.63) is 99.6 Å². The van der Waals surface area contributed by atoms with Crippen LogP contribution in [0.3, 0.4) is 0 Å². The molecule has 32 heavy (non-hydrogen) atoms. The number of hydrogen-bond donors (Lipinski definition) is 2. The molecule has 0 fully saturated rings.